The predicted molar refractivity (Wildman–Crippen MR) is 171 cm³/mol. The largest absolute Gasteiger partial charge is 0.477 e. The van der Waals surface area contributed by atoms with Crippen LogP contribution in [0.2, 0.25) is 0 Å². The molecule has 2 heterocycles. The van der Waals surface area contributed by atoms with Gasteiger partial charge in [-0.25, -0.2) is 9.48 Å². The van der Waals surface area contributed by atoms with Crippen molar-refractivity contribution in [2.75, 3.05) is 32.8 Å². The molecule has 10 nitrogen and oxygen atoms in total. The van der Waals surface area contributed by atoms with Gasteiger partial charge in [0.05, 0.1) is 19.3 Å². The Hall–Kier alpha value is -3.04. The number of hydrogen-bond acceptors (Lipinski definition) is 6. The minimum Gasteiger partial charge on any atom is -0.477 e. The highest BCUT2D eigenvalue weighted by Crippen LogP contribution is 2.53. The van der Waals surface area contributed by atoms with Crippen LogP contribution in [0.25, 0.3) is 0 Å². The van der Waals surface area contributed by atoms with Gasteiger partial charge >= 0.3 is 6.09 Å². The lowest BCUT2D eigenvalue weighted by Gasteiger charge is -2.54. The Labute approximate surface area is 268 Å². The van der Waals surface area contributed by atoms with Crippen molar-refractivity contribution >= 4 is 17.9 Å². The molecule has 4 bridgehead atoms. The smallest absolute Gasteiger partial charge is 0.410 e. The van der Waals surface area contributed by atoms with Crippen LogP contribution in [0.3, 0.4) is 0 Å². The van der Waals surface area contributed by atoms with Crippen LogP contribution in [0.15, 0.2) is 17.8 Å². The lowest BCUT2D eigenvalue weighted by atomic mass is 9.54. The standard InChI is InChI=1S/C35H53N5O5/c1-23(32(42)38-12-14-39(15-13-38)34(43)45-35(2,3)4)10-11-40-33(44-22-24-8-6-5-7-9-24)29(21-36-40)31(41)37-30-27-17-25-16-26(19-27)20-28(30)18-25/h10,21,24-28,30H,5-9,11-20,22H2,1-4H3,(H,37,41)/b23-10+. The van der Waals surface area contributed by atoms with Crippen molar-refractivity contribution in [3.05, 3.63) is 23.4 Å². The topological polar surface area (TPSA) is 106 Å². The van der Waals surface area contributed by atoms with E-state index in [9.17, 15) is 14.4 Å². The zero-order valence-corrected chi connectivity index (χ0v) is 27.8. The van der Waals surface area contributed by atoms with Crippen molar-refractivity contribution in [3.63, 3.8) is 0 Å². The number of aromatic nitrogens is 2. The van der Waals surface area contributed by atoms with Crippen LogP contribution in [0.4, 0.5) is 4.79 Å². The van der Waals surface area contributed by atoms with Crippen molar-refractivity contribution in [1.29, 1.82) is 0 Å². The van der Waals surface area contributed by atoms with Crippen LogP contribution < -0.4 is 10.1 Å². The number of allylic oxidation sites excluding steroid dienone is 1. The Morgan fingerprint density at radius 3 is 2.18 bits per heavy atom. The molecule has 7 rings (SSSR count). The number of carbonyl (C=O) groups excluding carboxylic acids is 3. The van der Waals surface area contributed by atoms with Crippen LogP contribution >= 0.6 is 0 Å². The third-order valence-corrected chi connectivity index (χ3v) is 10.9. The highest BCUT2D eigenvalue weighted by Gasteiger charge is 2.48. The summed E-state index contributed by atoms with van der Waals surface area (Å²) in [6.07, 6.45) is 15.6. The predicted octanol–water partition coefficient (Wildman–Crippen LogP) is 5.42. The summed E-state index contributed by atoms with van der Waals surface area (Å²) in [6, 6.07) is 0.246. The highest BCUT2D eigenvalue weighted by atomic mass is 16.6. The molecule has 0 atom stereocenters. The Kier molecular flexibility index (Phi) is 9.48. The molecule has 5 aliphatic carbocycles. The molecule has 1 aromatic rings. The molecule has 45 heavy (non-hydrogen) atoms. The van der Waals surface area contributed by atoms with E-state index >= 15 is 0 Å². The molecule has 1 N–H and O–H groups in total. The van der Waals surface area contributed by atoms with Gasteiger partial charge in [0, 0.05) is 37.8 Å². The molecule has 10 heteroatoms. The number of nitrogens with one attached hydrogen (secondary N) is 1. The summed E-state index contributed by atoms with van der Waals surface area (Å²) in [5.41, 5.74) is 0.550. The second-order valence-corrected chi connectivity index (χ2v) is 15.4. The third-order valence-electron chi connectivity index (χ3n) is 10.9. The average Bonchev–Trinajstić information content (AvgIpc) is 3.42. The second kappa shape index (κ2) is 13.4. The quantitative estimate of drug-likeness (QED) is 0.388. The highest BCUT2D eigenvalue weighted by molar-refractivity contribution is 5.96. The van der Waals surface area contributed by atoms with E-state index in [1.54, 1.807) is 20.7 Å². The Balaban J connectivity index is 1.10. The van der Waals surface area contributed by atoms with Crippen LogP contribution in [0.5, 0.6) is 5.88 Å². The maximum atomic E-state index is 13.8. The van der Waals surface area contributed by atoms with Crippen LogP contribution in [0, 0.1) is 29.6 Å². The van der Waals surface area contributed by atoms with Crippen molar-refractivity contribution < 1.29 is 23.9 Å². The molecule has 248 valence electrons. The first-order valence-corrected chi connectivity index (χ1v) is 17.5. The normalized spacial score (nSPS) is 28.7. The van der Waals surface area contributed by atoms with E-state index in [2.05, 4.69) is 10.4 Å². The van der Waals surface area contributed by atoms with Gasteiger partial charge in [-0.15, -0.1) is 0 Å². The molecule has 3 amide bonds. The molecule has 1 aromatic heterocycles. The van der Waals surface area contributed by atoms with Crippen LogP contribution in [-0.2, 0) is 16.1 Å². The van der Waals surface area contributed by atoms with Gasteiger partial charge in [0.2, 0.25) is 11.8 Å². The second-order valence-electron chi connectivity index (χ2n) is 15.4. The number of nitrogens with zero attached hydrogens (tertiary/aromatic N) is 4. The summed E-state index contributed by atoms with van der Waals surface area (Å²) in [5.74, 6) is 3.73. The number of piperazine rings is 1. The van der Waals surface area contributed by atoms with Gasteiger partial charge in [0.1, 0.15) is 11.2 Å². The zero-order valence-electron chi connectivity index (χ0n) is 27.8. The van der Waals surface area contributed by atoms with E-state index in [4.69, 9.17) is 9.47 Å². The van der Waals surface area contributed by atoms with Crippen molar-refractivity contribution in [1.82, 2.24) is 24.9 Å². The number of ether oxygens (including phenoxy) is 2. The molecule has 0 unspecified atom stereocenters. The molecule has 5 saturated carbocycles. The van der Waals surface area contributed by atoms with Crippen molar-refractivity contribution in [3.8, 4) is 5.88 Å². The monoisotopic (exact) mass is 623 g/mol. The summed E-state index contributed by atoms with van der Waals surface area (Å²) < 4.78 is 13.6. The van der Waals surface area contributed by atoms with Gasteiger partial charge in [-0.2, -0.15) is 5.10 Å². The molecule has 6 aliphatic rings. The zero-order chi connectivity index (χ0) is 31.7. The molecular weight excluding hydrogens is 570 g/mol. The molecule has 0 aromatic carbocycles. The lowest BCUT2D eigenvalue weighted by Crippen LogP contribution is -2.55. The van der Waals surface area contributed by atoms with Gasteiger partial charge in [-0.3, -0.25) is 9.59 Å². The minimum atomic E-state index is -0.551. The van der Waals surface area contributed by atoms with Gasteiger partial charge in [-0.05, 0) is 102 Å². The number of amides is 3. The Morgan fingerprint density at radius 1 is 0.933 bits per heavy atom. The summed E-state index contributed by atoms with van der Waals surface area (Å²) >= 11 is 0. The number of carbonyl (C=O) groups is 3. The van der Waals surface area contributed by atoms with E-state index < -0.39 is 5.60 Å². The third kappa shape index (κ3) is 7.51. The van der Waals surface area contributed by atoms with E-state index in [0.29, 0.717) is 74.1 Å². The van der Waals surface area contributed by atoms with E-state index in [-0.39, 0.29) is 23.9 Å². The SMILES string of the molecule is C/C(=C\Cn1ncc(C(=O)NC2C3CC4CC(C3)CC2C4)c1OCC1CCCCC1)C(=O)N1CCN(C(=O)OC(C)(C)C)CC1. The number of hydrogen-bond donors (Lipinski definition) is 1. The fourth-order valence-corrected chi connectivity index (χ4v) is 8.73. The summed E-state index contributed by atoms with van der Waals surface area (Å²) in [6.45, 7) is 10.1. The molecule has 6 fully saturated rings. The first-order valence-electron chi connectivity index (χ1n) is 17.5. The van der Waals surface area contributed by atoms with Gasteiger partial charge in [0.15, 0.2) is 0 Å². The van der Waals surface area contributed by atoms with Gasteiger partial charge in [0.25, 0.3) is 5.91 Å². The van der Waals surface area contributed by atoms with E-state index in [1.807, 2.05) is 33.8 Å². The Morgan fingerprint density at radius 2 is 1.56 bits per heavy atom. The first kappa shape index (κ1) is 31.9. The maximum Gasteiger partial charge on any atom is 0.410 e. The fourth-order valence-electron chi connectivity index (χ4n) is 8.73. The van der Waals surface area contributed by atoms with Crippen LogP contribution in [-0.4, -0.2) is 81.9 Å². The number of rotatable bonds is 8. The van der Waals surface area contributed by atoms with Crippen LogP contribution in [0.1, 0.15) is 102 Å². The lowest BCUT2D eigenvalue weighted by molar-refractivity contribution is -0.128. The first-order chi connectivity index (χ1) is 21.5. The fraction of sp³-hybridized carbons (Fsp3) is 0.771. The van der Waals surface area contributed by atoms with Gasteiger partial charge < -0.3 is 24.6 Å². The molecule has 1 aliphatic heterocycles. The minimum absolute atomic E-state index is 0.0597. The maximum absolute atomic E-state index is 13.8. The van der Waals surface area contributed by atoms with E-state index in [0.717, 1.165) is 24.7 Å². The summed E-state index contributed by atoms with van der Waals surface area (Å²) in [7, 11) is 0. The summed E-state index contributed by atoms with van der Waals surface area (Å²) in [5, 5.41) is 8.03. The van der Waals surface area contributed by atoms with Gasteiger partial charge in [-0.1, -0.05) is 25.3 Å². The van der Waals surface area contributed by atoms with Crippen molar-refractivity contribution in [2.45, 2.75) is 110 Å². The van der Waals surface area contributed by atoms with E-state index in [1.165, 1.54) is 51.4 Å². The molecular formula is C35H53N5O5. The Bertz CT molecular complexity index is 1240. The molecule has 1 saturated heterocycles. The average molecular weight is 624 g/mol. The summed E-state index contributed by atoms with van der Waals surface area (Å²) in [4.78, 5) is 42.9. The molecule has 0 spiro atoms. The van der Waals surface area contributed by atoms with Crippen molar-refractivity contribution in [2.24, 2.45) is 29.6 Å². The molecule has 0 radical (unpaired) electrons.